The molecule has 19 heavy (non-hydrogen) atoms. The van der Waals surface area contributed by atoms with Crippen LogP contribution in [0.5, 0.6) is 0 Å². The summed E-state index contributed by atoms with van der Waals surface area (Å²) in [5, 5.41) is 0. The van der Waals surface area contributed by atoms with E-state index in [2.05, 4.69) is 18.2 Å². The number of nitrogens with one attached hydrogen (secondary N) is 1. The number of carbonyl (C=O) groups excluding carboxylic acids is 1. The van der Waals surface area contributed by atoms with Crippen molar-refractivity contribution in [3.05, 3.63) is 71.9 Å². The van der Waals surface area contributed by atoms with Gasteiger partial charge >= 0.3 is 0 Å². The van der Waals surface area contributed by atoms with Crippen LogP contribution in [0.1, 0.15) is 11.1 Å². The first-order chi connectivity index (χ1) is 8.88. The van der Waals surface area contributed by atoms with Crippen LogP contribution in [0.2, 0.25) is 0 Å². The first-order valence-electron chi connectivity index (χ1n) is 6.05. The van der Waals surface area contributed by atoms with E-state index in [9.17, 15) is 4.79 Å². The maximum absolute atomic E-state index is 11.1. The van der Waals surface area contributed by atoms with Crippen molar-refractivity contribution < 1.29 is 22.1 Å². The van der Waals surface area contributed by atoms with Crippen molar-refractivity contribution >= 4 is 17.5 Å². The summed E-state index contributed by atoms with van der Waals surface area (Å²) in [4.78, 5) is 12.3. The summed E-state index contributed by atoms with van der Waals surface area (Å²) in [5.41, 5.74) is 4.30. The minimum Gasteiger partial charge on any atom is -1.00 e. The van der Waals surface area contributed by atoms with Gasteiger partial charge in [0.25, 0.3) is 0 Å². The second-order valence-corrected chi connectivity index (χ2v) is 4.45. The second kappa shape index (κ2) is 5.83. The van der Waals surface area contributed by atoms with E-state index >= 15 is 0 Å². The van der Waals surface area contributed by atoms with Gasteiger partial charge in [-0.15, -0.1) is 0 Å². The lowest BCUT2D eigenvalue weighted by atomic mass is 10.1. The number of rotatable bonds is 3. The van der Waals surface area contributed by atoms with E-state index in [1.807, 2.05) is 42.6 Å². The molecule has 0 radical (unpaired) electrons. The van der Waals surface area contributed by atoms with E-state index in [1.165, 1.54) is 16.2 Å². The van der Waals surface area contributed by atoms with Gasteiger partial charge in [0.2, 0.25) is 0 Å². The highest BCUT2D eigenvalue weighted by Gasteiger charge is 2.25. The van der Waals surface area contributed by atoms with Crippen LogP contribution >= 0.6 is 0 Å². The average Bonchev–Trinajstić information content (AvgIpc) is 2.78. The number of hydrogen-bond acceptors (Lipinski definition) is 1. The van der Waals surface area contributed by atoms with Crippen LogP contribution < -0.4 is 17.3 Å². The first-order valence-corrected chi connectivity index (χ1v) is 6.05. The summed E-state index contributed by atoms with van der Waals surface area (Å²) in [6, 6.07) is 18.4. The molecule has 1 N–H and O–H groups in total. The smallest absolute Gasteiger partial charge is 0.156 e. The maximum Gasteiger partial charge on any atom is 0.156 e. The molecule has 2 nitrogen and oxygen atoms in total. The van der Waals surface area contributed by atoms with Crippen LogP contribution in [0.4, 0.5) is 5.69 Å². The highest BCUT2D eigenvalue weighted by atomic mass is 35.5. The van der Waals surface area contributed by atoms with Crippen LogP contribution in [0.25, 0.3) is 5.57 Å². The van der Waals surface area contributed by atoms with Gasteiger partial charge in [0.15, 0.2) is 6.29 Å². The van der Waals surface area contributed by atoms with Gasteiger partial charge < -0.3 is 12.4 Å². The predicted octanol–water partition coefficient (Wildman–Crippen LogP) is -1.04. The third-order valence-corrected chi connectivity index (χ3v) is 3.28. The molecule has 2 aromatic rings. The summed E-state index contributed by atoms with van der Waals surface area (Å²) in [6.45, 7) is 0.870. The van der Waals surface area contributed by atoms with Gasteiger partial charge in [0.1, 0.15) is 18.4 Å². The maximum atomic E-state index is 11.1. The van der Waals surface area contributed by atoms with Crippen LogP contribution in [0.15, 0.2) is 60.8 Å². The van der Waals surface area contributed by atoms with Gasteiger partial charge in [0, 0.05) is 11.6 Å². The van der Waals surface area contributed by atoms with Crippen LogP contribution in [-0.4, -0.2) is 6.29 Å². The Labute approximate surface area is 118 Å². The zero-order valence-corrected chi connectivity index (χ0v) is 11.1. The summed E-state index contributed by atoms with van der Waals surface area (Å²) < 4.78 is 0. The zero-order valence-electron chi connectivity index (χ0n) is 10.3. The van der Waals surface area contributed by atoms with E-state index in [1.54, 1.807) is 0 Å². The minimum atomic E-state index is 0. The standard InChI is InChI=1S/C16H13NO.ClH/c18-12-14-11-17(10-13-6-2-1-3-7-13)16-9-5-4-8-15(14)16;/h1-9,11-12H,10H2;1H. The molecule has 3 heteroatoms. The summed E-state index contributed by atoms with van der Waals surface area (Å²) in [7, 11) is 0. The number of benzene rings is 2. The number of para-hydroxylation sites is 1. The Bertz CT molecular complexity index is 607. The SMILES string of the molecule is O=CC1=C[NH+](Cc2ccccc2)c2ccccc21.[Cl-]. The van der Waals surface area contributed by atoms with Gasteiger partial charge in [-0.25, -0.2) is 0 Å². The summed E-state index contributed by atoms with van der Waals surface area (Å²) in [5.74, 6) is 0. The van der Waals surface area contributed by atoms with Crippen LogP contribution in [0.3, 0.4) is 0 Å². The third-order valence-electron chi connectivity index (χ3n) is 3.28. The number of hydrogen-bond donors (Lipinski definition) is 1. The van der Waals surface area contributed by atoms with E-state index < -0.39 is 0 Å². The number of allylic oxidation sites excluding steroid dienone is 1. The molecule has 0 amide bonds. The minimum absolute atomic E-state index is 0. The van der Waals surface area contributed by atoms with Gasteiger partial charge in [-0.05, 0) is 6.07 Å². The van der Waals surface area contributed by atoms with Crippen LogP contribution in [-0.2, 0) is 11.3 Å². The van der Waals surface area contributed by atoms with Crippen molar-refractivity contribution in [3.8, 4) is 0 Å². The molecule has 1 aliphatic heterocycles. The Morgan fingerprint density at radius 1 is 0.947 bits per heavy atom. The fraction of sp³-hybridized carbons (Fsp3) is 0.0625. The normalized spacial score (nSPS) is 16.2. The molecule has 0 saturated carbocycles. The molecule has 0 saturated heterocycles. The highest BCUT2D eigenvalue weighted by Crippen LogP contribution is 2.23. The quantitative estimate of drug-likeness (QED) is 0.708. The lowest BCUT2D eigenvalue weighted by Gasteiger charge is -2.11. The third kappa shape index (κ3) is 2.60. The Morgan fingerprint density at radius 2 is 1.63 bits per heavy atom. The number of quaternary nitrogens is 1. The Hall–Kier alpha value is -1.90. The molecule has 3 rings (SSSR count). The molecule has 1 unspecified atom stereocenters. The Kier molecular flexibility index (Phi) is 4.15. The van der Waals surface area contributed by atoms with Crippen molar-refractivity contribution in [1.29, 1.82) is 0 Å². The number of halogens is 1. The number of fused-ring (bicyclic) bond motifs is 1. The monoisotopic (exact) mass is 271 g/mol. The van der Waals surface area contributed by atoms with Gasteiger partial charge in [0.05, 0.1) is 11.1 Å². The lowest BCUT2D eigenvalue weighted by Crippen LogP contribution is -3.00. The van der Waals surface area contributed by atoms with Gasteiger partial charge in [-0.1, -0.05) is 42.5 Å². The van der Waals surface area contributed by atoms with Crippen LogP contribution in [0, 0.1) is 0 Å². The van der Waals surface area contributed by atoms with E-state index in [0.29, 0.717) is 0 Å². The van der Waals surface area contributed by atoms with E-state index in [4.69, 9.17) is 0 Å². The lowest BCUT2D eigenvalue weighted by molar-refractivity contribution is -0.787. The fourth-order valence-electron chi connectivity index (χ4n) is 2.42. The molecule has 1 heterocycles. The molecule has 0 spiro atoms. The predicted molar refractivity (Wildman–Crippen MR) is 71.3 cm³/mol. The van der Waals surface area contributed by atoms with Gasteiger partial charge in [-0.3, -0.25) is 9.69 Å². The molecule has 96 valence electrons. The molecular formula is C16H14ClNO. The van der Waals surface area contributed by atoms with E-state index in [0.717, 1.165) is 24.0 Å². The average molecular weight is 272 g/mol. The molecule has 1 atom stereocenters. The summed E-state index contributed by atoms with van der Waals surface area (Å²) in [6.07, 6.45) is 2.95. The van der Waals surface area contributed by atoms with E-state index in [-0.39, 0.29) is 12.4 Å². The largest absolute Gasteiger partial charge is 1.00 e. The molecule has 0 fully saturated rings. The van der Waals surface area contributed by atoms with Crippen molar-refractivity contribution in [2.75, 3.05) is 0 Å². The fourth-order valence-corrected chi connectivity index (χ4v) is 2.42. The topological polar surface area (TPSA) is 21.5 Å². The molecule has 2 aromatic carbocycles. The second-order valence-electron chi connectivity index (χ2n) is 4.45. The Balaban J connectivity index is 0.00000133. The number of carbonyl (C=O) groups is 1. The summed E-state index contributed by atoms with van der Waals surface area (Å²) >= 11 is 0. The molecular weight excluding hydrogens is 258 g/mol. The van der Waals surface area contributed by atoms with Crippen molar-refractivity contribution in [2.45, 2.75) is 6.54 Å². The molecule has 1 aliphatic rings. The molecule has 0 aliphatic carbocycles. The number of aldehydes is 1. The van der Waals surface area contributed by atoms with Gasteiger partial charge in [-0.2, -0.15) is 0 Å². The molecule has 0 bridgehead atoms. The zero-order chi connectivity index (χ0) is 12.4. The van der Waals surface area contributed by atoms with Crippen molar-refractivity contribution in [2.24, 2.45) is 0 Å². The first kappa shape index (κ1) is 13.5. The Morgan fingerprint density at radius 3 is 2.37 bits per heavy atom. The highest BCUT2D eigenvalue weighted by molar-refractivity contribution is 6.09. The van der Waals surface area contributed by atoms with Crippen molar-refractivity contribution in [1.82, 2.24) is 0 Å². The molecule has 0 aromatic heterocycles. The van der Waals surface area contributed by atoms with Crippen molar-refractivity contribution in [3.63, 3.8) is 0 Å².